The van der Waals surface area contributed by atoms with Crippen LogP contribution in [0.5, 0.6) is 0 Å². The molecule has 0 aliphatic carbocycles. The van der Waals surface area contributed by atoms with Gasteiger partial charge in [0.25, 0.3) is 0 Å². The Morgan fingerprint density at radius 2 is 1.96 bits per heavy atom. The van der Waals surface area contributed by atoms with Crippen LogP contribution in [0.25, 0.3) is 0 Å². The van der Waals surface area contributed by atoms with Crippen molar-refractivity contribution in [3.8, 4) is 0 Å². The number of carbonyl (C=O) groups excluding carboxylic acids is 3. The van der Waals surface area contributed by atoms with Crippen LogP contribution >= 0.6 is 0 Å². The summed E-state index contributed by atoms with van der Waals surface area (Å²) in [5, 5.41) is 3.08. The van der Waals surface area contributed by atoms with Crippen LogP contribution in [0, 0.1) is 0 Å². The Hall–Kier alpha value is -1.63. The average Bonchev–Trinajstić information content (AvgIpc) is 2.57. The summed E-state index contributed by atoms with van der Waals surface area (Å²) in [6, 6.07) is 0.124. The van der Waals surface area contributed by atoms with Crippen molar-refractivity contribution in [1.82, 2.24) is 20.0 Å². The number of nitrogens with zero attached hydrogens (tertiary/aromatic N) is 3. The van der Waals surface area contributed by atoms with Crippen LogP contribution in [0.4, 0.5) is 0 Å². The van der Waals surface area contributed by atoms with Crippen molar-refractivity contribution < 1.29 is 14.4 Å². The molecule has 1 unspecified atom stereocenters. The van der Waals surface area contributed by atoms with E-state index in [-0.39, 0.29) is 30.3 Å². The zero-order valence-corrected chi connectivity index (χ0v) is 13.6. The third-order valence-electron chi connectivity index (χ3n) is 5.06. The van der Waals surface area contributed by atoms with Gasteiger partial charge in [-0.05, 0) is 25.7 Å². The summed E-state index contributed by atoms with van der Waals surface area (Å²) in [4.78, 5) is 41.9. The first-order chi connectivity index (χ1) is 11.1. The number of carbonyl (C=O) groups is 3. The molecule has 0 spiro atoms. The Labute approximate surface area is 137 Å². The van der Waals surface area contributed by atoms with E-state index in [4.69, 9.17) is 0 Å². The maximum atomic E-state index is 12.5. The maximum Gasteiger partial charge on any atom is 0.242 e. The van der Waals surface area contributed by atoms with E-state index in [1.165, 1.54) is 0 Å². The second kappa shape index (κ2) is 7.29. The van der Waals surface area contributed by atoms with E-state index >= 15 is 0 Å². The molecule has 0 saturated carbocycles. The fraction of sp³-hybridized carbons (Fsp3) is 0.812. The van der Waals surface area contributed by atoms with E-state index in [1.807, 2.05) is 9.80 Å². The van der Waals surface area contributed by atoms with Gasteiger partial charge < -0.3 is 20.0 Å². The number of likely N-dealkylation sites (tertiary alicyclic amines) is 2. The minimum absolute atomic E-state index is 0.0209. The Morgan fingerprint density at radius 1 is 1.09 bits per heavy atom. The van der Waals surface area contributed by atoms with Gasteiger partial charge in [0.15, 0.2) is 0 Å². The molecule has 3 saturated heterocycles. The van der Waals surface area contributed by atoms with Gasteiger partial charge in [0.1, 0.15) is 0 Å². The molecule has 23 heavy (non-hydrogen) atoms. The van der Waals surface area contributed by atoms with Gasteiger partial charge in [-0.25, -0.2) is 0 Å². The van der Waals surface area contributed by atoms with Crippen LogP contribution in [0.15, 0.2) is 0 Å². The standard InChI is InChI=1S/C16H26N4O3/c21-14-5-1-2-7-19(14)12-16(23)18-8-3-4-13(11-18)20-9-6-17-10-15(20)22/h13,17H,1-12H2. The monoisotopic (exact) mass is 322 g/mol. The Balaban J connectivity index is 1.56. The van der Waals surface area contributed by atoms with Crippen LogP contribution in [-0.4, -0.2) is 84.3 Å². The molecule has 1 atom stereocenters. The minimum atomic E-state index is 0.0209. The van der Waals surface area contributed by atoms with Gasteiger partial charge >= 0.3 is 0 Å². The van der Waals surface area contributed by atoms with Gasteiger partial charge in [-0.3, -0.25) is 14.4 Å². The average molecular weight is 322 g/mol. The molecule has 3 fully saturated rings. The zero-order valence-electron chi connectivity index (χ0n) is 13.6. The molecule has 7 nitrogen and oxygen atoms in total. The first kappa shape index (κ1) is 16.2. The van der Waals surface area contributed by atoms with Crippen LogP contribution in [0.2, 0.25) is 0 Å². The van der Waals surface area contributed by atoms with Crippen molar-refractivity contribution in [2.75, 3.05) is 45.8 Å². The van der Waals surface area contributed by atoms with Gasteiger partial charge in [-0.1, -0.05) is 0 Å². The van der Waals surface area contributed by atoms with Crippen molar-refractivity contribution in [2.45, 2.75) is 38.1 Å². The second-order valence-corrected chi connectivity index (χ2v) is 6.67. The summed E-state index contributed by atoms with van der Waals surface area (Å²) in [5.41, 5.74) is 0. The first-order valence-corrected chi connectivity index (χ1v) is 8.71. The summed E-state index contributed by atoms with van der Waals surface area (Å²) in [6.45, 7) is 4.16. The fourth-order valence-corrected chi connectivity index (χ4v) is 3.74. The fourth-order valence-electron chi connectivity index (χ4n) is 3.74. The second-order valence-electron chi connectivity index (χ2n) is 6.67. The summed E-state index contributed by atoms with van der Waals surface area (Å²) >= 11 is 0. The van der Waals surface area contributed by atoms with Crippen LogP contribution in [-0.2, 0) is 14.4 Å². The highest BCUT2D eigenvalue weighted by molar-refractivity contribution is 5.85. The predicted octanol–water partition coefficient (Wildman–Crippen LogP) is -0.578. The van der Waals surface area contributed by atoms with E-state index in [0.717, 1.165) is 45.3 Å². The number of amides is 3. The highest BCUT2D eigenvalue weighted by atomic mass is 16.2. The van der Waals surface area contributed by atoms with Gasteiger partial charge in [-0.15, -0.1) is 0 Å². The van der Waals surface area contributed by atoms with Crippen LogP contribution in [0.3, 0.4) is 0 Å². The molecule has 3 rings (SSSR count). The molecular formula is C16H26N4O3. The molecule has 128 valence electrons. The molecule has 0 aromatic rings. The lowest BCUT2D eigenvalue weighted by atomic mass is 10.0. The molecule has 0 aromatic carbocycles. The van der Waals surface area contributed by atoms with Crippen molar-refractivity contribution in [3.63, 3.8) is 0 Å². The molecule has 1 N–H and O–H groups in total. The summed E-state index contributed by atoms with van der Waals surface area (Å²) in [7, 11) is 0. The van der Waals surface area contributed by atoms with Crippen molar-refractivity contribution in [1.29, 1.82) is 0 Å². The van der Waals surface area contributed by atoms with Gasteiger partial charge in [-0.2, -0.15) is 0 Å². The first-order valence-electron chi connectivity index (χ1n) is 8.71. The number of piperazine rings is 1. The highest BCUT2D eigenvalue weighted by Crippen LogP contribution is 2.18. The SMILES string of the molecule is O=C1CCCCN1CC(=O)N1CCCC(N2CCNCC2=O)C1. The van der Waals surface area contributed by atoms with Crippen molar-refractivity contribution >= 4 is 17.7 Å². The molecule has 3 aliphatic rings. The van der Waals surface area contributed by atoms with Crippen molar-refractivity contribution in [3.05, 3.63) is 0 Å². The van der Waals surface area contributed by atoms with E-state index in [9.17, 15) is 14.4 Å². The maximum absolute atomic E-state index is 12.5. The van der Waals surface area contributed by atoms with E-state index in [2.05, 4.69) is 5.32 Å². The lowest BCUT2D eigenvalue weighted by Gasteiger charge is -2.41. The lowest BCUT2D eigenvalue weighted by Crippen LogP contribution is -2.58. The van der Waals surface area contributed by atoms with Crippen molar-refractivity contribution in [2.24, 2.45) is 0 Å². The molecular weight excluding hydrogens is 296 g/mol. The molecule has 0 bridgehead atoms. The smallest absolute Gasteiger partial charge is 0.242 e. The number of piperidine rings is 2. The third-order valence-corrected chi connectivity index (χ3v) is 5.06. The van der Waals surface area contributed by atoms with Crippen LogP contribution < -0.4 is 5.32 Å². The zero-order chi connectivity index (χ0) is 16.2. The van der Waals surface area contributed by atoms with E-state index in [1.54, 1.807) is 4.90 Å². The Kier molecular flexibility index (Phi) is 5.15. The summed E-state index contributed by atoms with van der Waals surface area (Å²) < 4.78 is 0. The van der Waals surface area contributed by atoms with Gasteiger partial charge in [0.2, 0.25) is 17.7 Å². The number of rotatable bonds is 3. The Bertz CT molecular complexity index is 482. The molecule has 3 heterocycles. The molecule has 3 amide bonds. The number of nitrogens with one attached hydrogen (secondary N) is 1. The van der Waals surface area contributed by atoms with E-state index < -0.39 is 0 Å². The normalized spacial score (nSPS) is 26.6. The number of hydrogen-bond acceptors (Lipinski definition) is 4. The highest BCUT2D eigenvalue weighted by Gasteiger charge is 2.32. The van der Waals surface area contributed by atoms with Gasteiger partial charge in [0.05, 0.1) is 13.1 Å². The van der Waals surface area contributed by atoms with Gasteiger partial charge in [0, 0.05) is 45.2 Å². The molecule has 0 aromatic heterocycles. The lowest BCUT2D eigenvalue weighted by molar-refractivity contribution is -0.144. The predicted molar refractivity (Wildman–Crippen MR) is 84.6 cm³/mol. The third kappa shape index (κ3) is 3.83. The number of hydrogen-bond donors (Lipinski definition) is 1. The van der Waals surface area contributed by atoms with Crippen LogP contribution in [0.1, 0.15) is 32.1 Å². The topological polar surface area (TPSA) is 73.0 Å². The minimum Gasteiger partial charge on any atom is -0.339 e. The molecule has 0 radical (unpaired) electrons. The summed E-state index contributed by atoms with van der Waals surface area (Å²) in [6.07, 6.45) is 4.35. The molecule has 3 aliphatic heterocycles. The quantitative estimate of drug-likeness (QED) is 0.755. The van der Waals surface area contributed by atoms with E-state index in [0.29, 0.717) is 26.1 Å². The summed E-state index contributed by atoms with van der Waals surface area (Å²) in [5.74, 6) is 0.240. The molecule has 7 heteroatoms. The largest absolute Gasteiger partial charge is 0.339 e. The Morgan fingerprint density at radius 3 is 2.74 bits per heavy atom.